The van der Waals surface area contributed by atoms with Crippen LogP contribution in [0.3, 0.4) is 0 Å². The van der Waals surface area contributed by atoms with Crippen molar-refractivity contribution in [1.82, 2.24) is 0 Å². The van der Waals surface area contributed by atoms with Crippen LogP contribution >= 0.6 is 0 Å². The third-order valence-corrected chi connectivity index (χ3v) is 19.0. The molecule has 8 rings (SSSR count). The first-order valence-electron chi connectivity index (χ1n) is 26.3. The van der Waals surface area contributed by atoms with Crippen LogP contribution in [0.2, 0.25) is 0 Å². The summed E-state index contributed by atoms with van der Waals surface area (Å²) in [5, 5.41) is 40.3. The molecule has 2 spiro atoms. The van der Waals surface area contributed by atoms with E-state index in [0.29, 0.717) is 85.9 Å². The van der Waals surface area contributed by atoms with E-state index in [2.05, 4.69) is 34.6 Å². The fourth-order valence-corrected chi connectivity index (χ4v) is 15.2. The number of methoxy groups -OCH3 is 1. The van der Waals surface area contributed by atoms with E-state index < -0.39 is 23.7 Å². The lowest BCUT2D eigenvalue weighted by molar-refractivity contribution is -0.782. The molecule has 15 atom stereocenters. The number of hydrogen-bond acceptors (Lipinski definition) is 7. The quantitative estimate of drug-likeness (QED) is 0.106. The highest BCUT2D eigenvalue weighted by Gasteiger charge is 2.53. The fraction of sp³-hybridized carbons (Fsp3) is 0.887. The van der Waals surface area contributed by atoms with E-state index in [4.69, 9.17) is 10.5 Å². The Morgan fingerprint density at radius 3 is 2.44 bits per heavy atom. The zero-order valence-electron chi connectivity index (χ0n) is 38.6. The van der Waals surface area contributed by atoms with Gasteiger partial charge in [-0.3, -0.25) is 15.3 Å². The number of Topliss-reactive ketones (excluding diaryl/α,β-unsaturated/α-hetero) is 2. The lowest BCUT2D eigenvalue weighted by Gasteiger charge is -2.51. The molecule has 0 bridgehead atoms. The van der Waals surface area contributed by atoms with Gasteiger partial charge in [-0.2, -0.15) is 0 Å². The van der Waals surface area contributed by atoms with Gasteiger partial charge in [-0.15, -0.1) is 0 Å². The largest absolute Gasteiger partial charge is 0.393 e. The van der Waals surface area contributed by atoms with E-state index in [1.165, 1.54) is 77.0 Å². The lowest BCUT2D eigenvalue weighted by Crippen LogP contribution is -3.05. The molecule has 9 nitrogen and oxygen atoms in total. The Kier molecular flexibility index (Phi) is 16.1. The number of aliphatic hydroxyl groups is 3. The Morgan fingerprint density at radius 1 is 0.871 bits per heavy atom. The number of ketones is 2. The van der Waals surface area contributed by atoms with Gasteiger partial charge in [-0.05, 0) is 145 Å². The van der Waals surface area contributed by atoms with Gasteiger partial charge in [0, 0.05) is 63.4 Å². The maximum Gasteiger partial charge on any atom is 0.153 e. The highest BCUT2D eigenvalue weighted by atomic mass is 16.5. The Labute approximate surface area is 374 Å². The first kappa shape index (κ1) is 46.9. The molecule has 9 heteroatoms. The summed E-state index contributed by atoms with van der Waals surface area (Å²) in [4.78, 5) is 27.0. The Balaban J connectivity index is 0.953. The minimum atomic E-state index is -1.04. The summed E-state index contributed by atoms with van der Waals surface area (Å²) in [6.07, 6.45) is 30.8. The van der Waals surface area contributed by atoms with E-state index in [9.17, 15) is 24.9 Å². The van der Waals surface area contributed by atoms with Crippen LogP contribution in [-0.4, -0.2) is 82.7 Å². The molecule has 15 unspecified atom stereocenters. The summed E-state index contributed by atoms with van der Waals surface area (Å²) in [5.41, 5.74) is 5.69. The van der Waals surface area contributed by atoms with Gasteiger partial charge in [0.05, 0.1) is 49.0 Å². The first-order valence-corrected chi connectivity index (χ1v) is 26.3. The predicted octanol–water partition coefficient (Wildman–Crippen LogP) is 5.86. The molecule has 0 aromatic rings. The highest BCUT2D eigenvalue weighted by Crippen LogP contribution is 2.49. The number of piperidine rings is 2. The first-order chi connectivity index (χ1) is 30.0. The fourth-order valence-electron chi connectivity index (χ4n) is 15.2. The maximum absolute atomic E-state index is 14.5. The molecule has 0 aromatic heterocycles. The number of quaternary nitrogens is 2. The maximum atomic E-state index is 14.5. The Bertz CT molecular complexity index is 1580. The van der Waals surface area contributed by atoms with Gasteiger partial charge in [-0.1, -0.05) is 49.7 Å². The number of aliphatic hydroxyl groups excluding tert-OH is 3. The van der Waals surface area contributed by atoms with Crippen molar-refractivity contribution in [3.05, 3.63) is 12.2 Å². The molecule has 0 radical (unpaired) electrons. The number of carbonyl (C=O) groups excluding carboxylic acids is 2. The lowest BCUT2D eigenvalue weighted by atomic mass is 9.60. The van der Waals surface area contributed by atoms with Gasteiger partial charge < -0.3 is 30.7 Å². The van der Waals surface area contributed by atoms with Crippen LogP contribution in [0.15, 0.2) is 12.2 Å². The average molecular weight is 862 g/mol. The molecule has 2 heterocycles. The van der Waals surface area contributed by atoms with Crippen LogP contribution in [0.4, 0.5) is 0 Å². The number of allylic oxidation sites excluding steroid dienone is 2. The second-order valence-corrected chi connectivity index (χ2v) is 22.8. The third kappa shape index (κ3) is 11.0. The molecule has 348 valence electrons. The van der Waals surface area contributed by atoms with Crippen LogP contribution in [0.5, 0.6) is 0 Å². The van der Waals surface area contributed by atoms with E-state index in [1.807, 2.05) is 0 Å². The van der Waals surface area contributed by atoms with Crippen molar-refractivity contribution < 1.29 is 40.3 Å². The highest BCUT2D eigenvalue weighted by molar-refractivity contribution is 5.89. The standard InChI is InChI=1S/C53H85N3O6/c1-62-48-31-40-15-19-49(60)52(25-20-36(28-50(52)61)11-16-42-29-41-14-18-44(58)33-46(41)56-53(42)23-6-3-7-24-53)26-21-37(45(40)34-47(48)59)13-17-43(57)30-38(39-22-27-55-51(54)32-39)12-10-35-8-4-2-5-9-35/h10,12,35-43,45-48,50-51,55-57,59,61H,2-9,11,13-20,22-25,27-34,54H2,1H3/p+2. The molecular formula is C53H87N3O6+2. The third-order valence-electron chi connectivity index (χ3n) is 19.0. The van der Waals surface area contributed by atoms with Crippen LogP contribution in [-0.2, 0) is 14.3 Å². The smallest absolute Gasteiger partial charge is 0.153 e. The predicted molar refractivity (Wildman–Crippen MR) is 242 cm³/mol. The molecule has 5 saturated carbocycles. The van der Waals surface area contributed by atoms with Gasteiger partial charge in [0.25, 0.3) is 0 Å². The zero-order chi connectivity index (χ0) is 43.3. The summed E-state index contributed by atoms with van der Waals surface area (Å²) in [5.74, 6) is 11.2. The second-order valence-electron chi connectivity index (χ2n) is 22.8. The average Bonchev–Trinajstić information content (AvgIpc) is 3.32. The Morgan fingerprint density at radius 2 is 1.66 bits per heavy atom. The number of hydrogen-bond donors (Lipinski definition) is 6. The van der Waals surface area contributed by atoms with Gasteiger partial charge in [0.15, 0.2) is 5.78 Å². The normalized spacial score (nSPS) is 41.6. The second kappa shape index (κ2) is 21.3. The van der Waals surface area contributed by atoms with Crippen molar-refractivity contribution in [2.45, 2.75) is 222 Å². The molecular weight excluding hydrogens is 775 g/mol. The van der Waals surface area contributed by atoms with Crippen molar-refractivity contribution in [1.29, 1.82) is 0 Å². The molecule has 2 aliphatic heterocycles. The van der Waals surface area contributed by atoms with E-state index in [-0.39, 0.29) is 41.3 Å². The monoisotopic (exact) mass is 862 g/mol. The number of carbonyl (C=O) groups is 2. The van der Waals surface area contributed by atoms with Gasteiger partial charge in [-0.25, -0.2) is 0 Å². The van der Waals surface area contributed by atoms with E-state index in [1.54, 1.807) is 7.11 Å². The van der Waals surface area contributed by atoms with Crippen molar-refractivity contribution >= 4 is 11.6 Å². The number of rotatable bonds is 12. The van der Waals surface area contributed by atoms with Crippen molar-refractivity contribution in [2.75, 3.05) is 13.7 Å². The van der Waals surface area contributed by atoms with Gasteiger partial charge >= 0.3 is 0 Å². The number of nitrogens with two attached hydrogens (primary N) is 3. The number of fused-ring (bicyclic) bond motifs is 2. The SMILES string of the molecule is COC1CC2CCC(=O)C3(C#CC(CCC(O)CC(C=CC4CCCCC4)C4CC[NH2+]C(N)C4)C2CC1O)CCC(CCC1CC2CCC(=O)CC2[NH2+]C12CCCCC2)CC3O. The molecule has 0 amide bonds. The van der Waals surface area contributed by atoms with Gasteiger partial charge in [0.2, 0.25) is 0 Å². The molecule has 9 N–H and O–H groups in total. The van der Waals surface area contributed by atoms with Crippen LogP contribution in [0, 0.1) is 70.5 Å². The van der Waals surface area contributed by atoms with Gasteiger partial charge in [0.1, 0.15) is 17.4 Å². The van der Waals surface area contributed by atoms with Crippen molar-refractivity contribution in [2.24, 2.45) is 64.4 Å². The summed E-state index contributed by atoms with van der Waals surface area (Å²) in [6.45, 7) is 1.04. The summed E-state index contributed by atoms with van der Waals surface area (Å²) in [6, 6.07) is 0.472. The zero-order valence-corrected chi connectivity index (χ0v) is 38.6. The molecule has 8 aliphatic rings. The van der Waals surface area contributed by atoms with E-state index >= 15 is 0 Å². The minimum Gasteiger partial charge on any atom is -0.393 e. The van der Waals surface area contributed by atoms with Crippen molar-refractivity contribution in [3.63, 3.8) is 0 Å². The Hall–Kier alpha value is -1.64. The minimum absolute atomic E-state index is 0.0723. The topological polar surface area (TPSA) is 163 Å². The van der Waals surface area contributed by atoms with E-state index in [0.717, 1.165) is 70.8 Å². The molecule has 7 fully saturated rings. The summed E-state index contributed by atoms with van der Waals surface area (Å²) in [7, 11) is 1.68. The van der Waals surface area contributed by atoms with Crippen molar-refractivity contribution in [3.8, 4) is 11.8 Å². The molecule has 0 aromatic carbocycles. The number of ether oxygens (including phenoxy) is 1. The molecule has 62 heavy (non-hydrogen) atoms. The molecule has 6 aliphatic carbocycles. The van der Waals surface area contributed by atoms with Crippen LogP contribution < -0.4 is 16.4 Å². The molecule has 2 saturated heterocycles. The summed E-state index contributed by atoms with van der Waals surface area (Å²) < 4.78 is 5.78. The van der Waals surface area contributed by atoms with Crippen LogP contribution in [0.1, 0.15) is 180 Å². The van der Waals surface area contributed by atoms with Crippen LogP contribution in [0.25, 0.3) is 0 Å². The summed E-state index contributed by atoms with van der Waals surface area (Å²) >= 11 is 0.